The number of ether oxygens (including phenoxy) is 1. The minimum absolute atomic E-state index is 0.0641. The Morgan fingerprint density at radius 3 is 1.38 bits per heavy atom. The highest BCUT2D eigenvalue weighted by molar-refractivity contribution is 6.43. The molecule has 24 nitrogen and oxygen atoms in total. The van der Waals surface area contributed by atoms with E-state index in [1.807, 2.05) is 0 Å². The summed E-state index contributed by atoms with van der Waals surface area (Å²) in [6.45, 7) is 1.00. The Labute approximate surface area is 413 Å². The van der Waals surface area contributed by atoms with Crippen LogP contribution in [0.1, 0.15) is 55.8 Å². The lowest BCUT2D eigenvalue weighted by molar-refractivity contribution is -0.155. The fraction of sp³-hybridized carbons (Fsp3) is 0.408. The number of benzene rings is 2. The van der Waals surface area contributed by atoms with Crippen LogP contribution in [0.25, 0.3) is 11.5 Å². The molecule has 2 saturated carbocycles. The number of fused-ring (bicyclic) bond motifs is 6. The molecule has 0 spiro atoms. The van der Waals surface area contributed by atoms with E-state index in [2.05, 4.69) is 0 Å². The molecule has 0 radical (unpaired) electrons. The molecule has 1 aliphatic heterocycles. The first-order valence-electron chi connectivity index (χ1n) is 22.8. The Bertz CT molecular complexity index is 3050. The SMILES string of the molecule is CN(C)[C@@H]1C(=O)C(C(N)=O)=C(O)[C@@]2(O)C(=O)C3=C(O)c4c(O)ccc(C(=O)C(=O)N5CCOCC5)c4C[C@H]3C[C@@H]12.CN(C)[C@@H]1C(=O)C(C(N)=O)=C(O)[C@@]2(O)C(=O)C3=C(O)c4c(O)ccc(C(=O)O)c4C[C@H]3C[C@@H]12. The molecular formula is C49H51N5O19. The summed E-state index contributed by atoms with van der Waals surface area (Å²) < 4.78 is 5.23. The van der Waals surface area contributed by atoms with Crippen LogP contribution in [0.4, 0.5) is 0 Å². The van der Waals surface area contributed by atoms with E-state index in [9.17, 15) is 89.1 Å². The number of aliphatic hydroxyl groups is 6. The maximum Gasteiger partial charge on any atom is 0.335 e. The maximum atomic E-state index is 13.9. The quantitative estimate of drug-likeness (QED) is 0.0869. The van der Waals surface area contributed by atoms with Gasteiger partial charge < -0.3 is 67.1 Å². The van der Waals surface area contributed by atoms with Gasteiger partial charge in [0.15, 0.2) is 22.8 Å². The third kappa shape index (κ3) is 7.49. The van der Waals surface area contributed by atoms with Crippen molar-refractivity contribution in [1.82, 2.24) is 14.7 Å². The van der Waals surface area contributed by atoms with E-state index in [4.69, 9.17) is 16.2 Å². The highest BCUT2D eigenvalue weighted by atomic mass is 16.5. The van der Waals surface area contributed by atoms with E-state index in [0.29, 0.717) is 0 Å². The summed E-state index contributed by atoms with van der Waals surface area (Å²) in [5.74, 6) is -18.6. The number of Topliss-reactive ketones (excluding diaryl/α,β-unsaturated/α-hetero) is 5. The number of phenols is 2. The number of aliphatic hydroxyl groups excluding tert-OH is 4. The third-order valence-electron chi connectivity index (χ3n) is 15.2. The molecule has 0 aromatic heterocycles. The van der Waals surface area contributed by atoms with Crippen LogP contribution in [0.5, 0.6) is 11.5 Å². The minimum atomic E-state index is -2.76. The zero-order chi connectivity index (χ0) is 53.8. The molecule has 1 heterocycles. The summed E-state index contributed by atoms with van der Waals surface area (Å²) in [5.41, 5.74) is 2.09. The van der Waals surface area contributed by atoms with Crippen molar-refractivity contribution in [3.63, 3.8) is 0 Å². The first kappa shape index (κ1) is 51.6. The fourth-order valence-corrected chi connectivity index (χ4v) is 11.9. The van der Waals surface area contributed by atoms with E-state index < -0.39 is 145 Å². The lowest BCUT2D eigenvalue weighted by atomic mass is 9.57. The second-order valence-electron chi connectivity index (χ2n) is 19.4. The molecule has 3 amide bonds. The lowest BCUT2D eigenvalue weighted by Gasteiger charge is -2.50. The number of aromatic carboxylic acids is 1. The average Bonchev–Trinajstić information content (AvgIpc) is 3.31. The number of carboxylic acid groups (broad SMARTS) is 1. The van der Waals surface area contributed by atoms with Gasteiger partial charge in [-0.1, -0.05) is 0 Å². The molecule has 2 aromatic carbocycles. The number of ketones is 5. The number of morpholine rings is 1. The third-order valence-corrected chi connectivity index (χ3v) is 15.2. The van der Waals surface area contributed by atoms with Gasteiger partial charge in [0.25, 0.3) is 23.5 Å². The van der Waals surface area contributed by atoms with E-state index >= 15 is 0 Å². The molecule has 24 heteroatoms. The summed E-state index contributed by atoms with van der Waals surface area (Å²) in [6.07, 6.45) is -0.419. The minimum Gasteiger partial charge on any atom is -0.508 e. The molecular weight excluding hydrogens is 963 g/mol. The van der Waals surface area contributed by atoms with Crippen LogP contribution in [0, 0.1) is 23.7 Å². The summed E-state index contributed by atoms with van der Waals surface area (Å²) >= 11 is 0. The molecule has 8 atom stereocenters. The molecule has 2 aromatic rings. The number of nitrogens with two attached hydrogens (primary N) is 2. The van der Waals surface area contributed by atoms with Crippen molar-refractivity contribution in [2.24, 2.45) is 35.1 Å². The van der Waals surface area contributed by atoms with Crippen molar-refractivity contribution >= 4 is 64.1 Å². The van der Waals surface area contributed by atoms with Gasteiger partial charge in [0, 0.05) is 41.6 Å². The largest absolute Gasteiger partial charge is 0.508 e. The van der Waals surface area contributed by atoms with E-state index in [0.717, 1.165) is 12.1 Å². The smallest absolute Gasteiger partial charge is 0.335 e. The number of amides is 3. The second kappa shape index (κ2) is 18.1. The van der Waals surface area contributed by atoms with Crippen molar-refractivity contribution in [2.75, 3.05) is 54.5 Å². The summed E-state index contributed by atoms with van der Waals surface area (Å²) in [6, 6.07) is 2.19. The van der Waals surface area contributed by atoms with Gasteiger partial charge in [0.1, 0.15) is 45.7 Å². The van der Waals surface area contributed by atoms with Crippen LogP contribution in [-0.2, 0) is 51.1 Å². The van der Waals surface area contributed by atoms with E-state index in [1.165, 1.54) is 55.0 Å². The number of carbonyl (C=O) groups excluding carboxylic acids is 8. The van der Waals surface area contributed by atoms with E-state index in [1.54, 1.807) is 0 Å². The highest BCUT2D eigenvalue weighted by Gasteiger charge is 2.66. The molecule has 0 unspecified atom stereocenters. The summed E-state index contributed by atoms with van der Waals surface area (Å²) in [5, 5.41) is 97.4. The van der Waals surface area contributed by atoms with Crippen molar-refractivity contribution in [3.05, 3.63) is 91.5 Å². The number of carbonyl (C=O) groups is 9. The molecule has 73 heavy (non-hydrogen) atoms. The number of likely N-dealkylation sites (N-methyl/N-ethyl adjacent to an activating group) is 2. The molecule has 13 N–H and O–H groups in total. The van der Waals surface area contributed by atoms with Gasteiger partial charge in [0.05, 0.1) is 42.0 Å². The summed E-state index contributed by atoms with van der Waals surface area (Å²) in [4.78, 5) is 120. The summed E-state index contributed by atoms with van der Waals surface area (Å²) in [7, 11) is 5.99. The average molecular weight is 1010 g/mol. The number of nitrogens with zero attached hydrogens (tertiary/aromatic N) is 3. The van der Waals surface area contributed by atoms with Gasteiger partial charge in [0.2, 0.25) is 11.6 Å². The van der Waals surface area contributed by atoms with Crippen LogP contribution in [0.2, 0.25) is 0 Å². The topological polar surface area (TPSA) is 407 Å². The molecule has 1 saturated heterocycles. The van der Waals surface area contributed by atoms with Crippen LogP contribution in [0.3, 0.4) is 0 Å². The van der Waals surface area contributed by atoms with E-state index in [-0.39, 0.29) is 96.5 Å². The standard InChI is InChI=1S/C27H29N3O10.C22H22N2O9/c1-29(2)19-14-10-11-9-13-12(20(32)26(38)30-5-7-40-8-6-30)3-4-15(31)17(13)21(33)16(11)23(35)27(14,39)24(36)18(22(19)34)25(28)37;1-24(2)15-10-6-7-5-9-8(21(31)32)3-4-11(25)13(9)16(26)12(7)18(28)22(10,33)19(29)14(17(15)27)20(23)30/h3-4,11,14,19,31,33,36,39H,5-10H2,1-2H3,(H2,28,37);3-4,7,10,15,25-26,29,33H,5-6H2,1-2H3,(H2,23,30)(H,31,32)/t11-,14-,19-,27-;7-,10-,15-,22-/m00/s1. The number of primary amides is 2. The first-order valence-corrected chi connectivity index (χ1v) is 22.8. The predicted octanol–water partition coefficient (Wildman–Crippen LogP) is -1.33. The lowest BCUT2D eigenvalue weighted by Crippen LogP contribution is -2.65. The van der Waals surface area contributed by atoms with Crippen LogP contribution in [-0.4, -0.2) is 191 Å². The Morgan fingerprint density at radius 2 is 1.01 bits per heavy atom. The van der Waals surface area contributed by atoms with Crippen LogP contribution in [0.15, 0.2) is 58.1 Å². The van der Waals surface area contributed by atoms with Crippen molar-refractivity contribution in [3.8, 4) is 11.5 Å². The van der Waals surface area contributed by atoms with Crippen molar-refractivity contribution in [1.29, 1.82) is 0 Å². The van der Waals surface area contributed by atoms with Gasteiger partial charge in [-0.2, -0.15) is 0 Å². The molecule has 3 fully saturated rings. The Hall–Kier alpha value is -7.77. The zero-order valence-corrected chi connectivity index (χ0v) is 39.5. The number of carboxylic acids is 1. The number of hydrogen-bond donors (Lipinski definition) is 11. The molecule has 6 aliphatic carbocycles. The van der Waals surface area contributed by atoms with Gasteiger partial charge in [-0.05, 0) is 101 Å². The van der Waals surface area contributed by atoms with Crippen molar-refractivity contribution in [2.45, 2.75) is 49.0 Å². The molecule has 386 valence electrons. The normalized spacial score (nSPS) is 28.6. The van der Waals surface area contributed by atoms with Crippen molar-refractivity contribution < 1.29 is 93.8 Å². The van der Waals surface area contributed by atoms with Gasteiger partial charge in [-0.3, -0.25) is 48.2 Å². The van der Waals surface area contributed by atoms with Gasteiger partial charge in [-0.15, -0.1) is 0 Å². The van der Waals surface area contributed by atoms with Crippen LogP contribution < -0.4 is 11.5 Å². The Balaban J connectivity index is 0.000000199. The maximum absolute atomic E-state index is 13.9. The predicted molar refractivity (Wildman–Crippen MR) is 247 cm³/mol. The monoisotopic (exact) mass is 1010 g/mol. The van der Waals surface area contributed by atoms with Gasteiger partial charge >= 0.3 is 5.97 Å². The number of phenolic OH excluding ortho intramolecular Hbond substituents is 2. The number of rotatable bonds is 7. The Morgan fingerprint density at radius 1 is 0.630 bits per heavy atom. The molecule has 7 aliphatic rings. The fourth-order valence-electron chi connectivity index (χ4n) is 11.9. The Kier molecular flexibility index (Phi) is 12.8. The second-order valence-corrected chi connectivity index (χ2v) is 19.4. The highest BCUT2D eigenvalue weighted by Crippen LogP contribution is 2.55. The molecule has 9 rings (SSSR count). The number of hydrogen-bond acceptors (Lipinski definition) is 20. The zero-order valence-electron chi connectivity index (χ0n) is 39.5. The number of aromatic hydroxyl groups is 2. The van der Waals surface area contributed by atoms with Gasteiger partial charge in [-0.25, -0.2) is 4.79 Å². The van der Waals surface area contributed by atoms with Crippen LogP contribution >= 0.6 is 0 Å². The molecule has 0 bridgehead atoms. The first-order chi connectivity index (χ1) is 34.1.